The van der Waals surface area contributed by atoms with Gasteiger partial charge < -0.3 is 5.32 Å². The molecule has 2 aromatic rings. The Kier molecular flexibility index (Phi) is 3.36. The van der Waals surface area contributed by atoms with Gasteiger partial charge in [0.1, 0.15) is 0 Å². The van der Waals surface area contributed by atoms with Crippen LogP contribution in [-0.2, 0) is 5.54 Å². The van der Waals surface area contributed by atoms with Gasteiger partial charge in [-0.25, -0.2) is 0 Å². The Balaban J connectivity index is 1.99. The van der Waals surface area contributed by atoms with Crippen LogP contribution in [0.15, 0.2) is 42.5 Å². The van der Waals surface area contributed by atoms with Crippen LogP contribution in [0.4, 0.5) is 0 Å². The highest BCUT2D eigenvalue weighted by molar-refractivity contribution is 6.03. The third kappa shape index (κ3) is 2.33. The van der Waals surface area contributed by atoms with Crippen molar-refractivity contribution >= 4 is 11.7 Å². The number of nitrogens with one attached hydrogen (secondary N) is 1. The van der Waals surface area contributed by atoms with Crippen LogP contribution >= 0.6 is 0 Å². The van der Waals surface area contributed by atoms with Crippen LogP contribution in [0.5, 0.6) is 0 Å². The average Bonchev–Trinajstić information content (AvgIpc) is 2.71. The molecule has 0 aliphatic carbocycles. The second kappa shape index (κ2) is 5.09. The van der Waals surface area contributed by atoms with Crippen molar-refractivity contribution in [3.63, 3.8) is 0 Å². The van der Waals surface area contributed by atoms with Gasteiger partial charge in [0.05, 0.1) is 5.54 Å². The van der Waals surface area contributed by atoms with E-state index in [1.807, 2.05) is 63.2 Å². The summed E-state index contributed by atoms with van der Waals surface area (Å²) in [7, 11) is 0. The molecule has 0 fully saturated rings. The van der Waals surface area contributed by atoms with Gasteiger partial charge in [0, 0.05) is 17.5 Å². The molecule has 0 aromatic heterocycles. The minimum atomic E-state index is -0.643. The zero-order valence-corrected chi connectivity index (χ0v) is 13.1. The zero-order chi connectivity index (χ0) is 15.9. The van der Waals surface area contributed by atoms with E-state index in [0.29, 0.717) is 11.1 Å². The lowest BCUT2D eigenvalue weighted by molar-refractivity contribution is 0.0894. The van der Waals surface area contributed by atoms with Crippen molar-refractivity contribution in [1.82, 2.24) is 5.32 Å². The standard InChI is InChI=1S/C19H19NO2/c1-12-9-13(2)17-15(10-12)19(3,20-18(17)22)11-16(21)14-7-5-4-6-8-14/h4-10H,11H2,1-3H3,(H,20,22). The molecule has 1 aliphatic heterocycles. The van der Waals surface area contributed by atoms with E-state index in [0.717, 1.165) is 16.7 Å². The summed E-state index contributed by atoms with van der Waals surface area (Å²) in [6, 6.07) is 13.2. The summed E-state index contributed by atoms with van der Waals surface area (Å²) >= 11 is 0. The number of amides is 1. The Hall–Kier alpha value is -2.42. The molecule has 3 nitrogen and oxygen atoms in total. The summed E-state index contributed by atoms with van der Waals surface area (Å²) in [5.41, 5.74) is 3.74. The maximum atomic E-state index is 12.5. The maximum Gasteiger partial charge on any atom is 0.252 e. The minimum Gasteiger partial charge on any atom is -0.342 e. The molecule has 0 spiro atoms. The Morgan fingerprint density at radius 3 is 2.50 bits per heavy atom. The van der Waals surface area contributed by atoms with E-state index in [4.69, 9.17) is 0 Å². The van der Waals surface area contributed by atoms with E-state index in [9.17, 15) is 9.59 Å². The first-order chi connectivity index (χ1) is 10.4. The lowest BCUT2D eigenvalue weighted by Crippen LogP contribution is -2.38. The number of hydrogen-bond acceptors (Lipinski definition) is 2. The molecule has 3 heteroatoms. The molecular weight excluding hydrogens is 274 g/mol. The van der Waals surface area contributed by atoms with Crippen molar-refractivity contribution < 1.29 is 9.59 Å². The number of benzene rings is 2. The number of hydrogen-bond donors (Lipinski definition) is 1. The van der Waals surface area contributed by atoms with Crippen LogP contribution in [0, 0.1) is 13.8 Å². The number of fused-ring (bicyclic) bond motifs is 1. The van der Waals surface area contributed by atoms with Gasteiger partial charge >= 0.3 is 0 Å². The molecule has 0 bridgehead atoms. The minimum absolute atomic E-state index is 0.0374. The van der Waals surface area contributed by atoms with Crippen LogP contribution in [0.3, 0.4) is 0 Å². The quantitative estimate of drug-likeness (QED) is 0.880. The molecule has 3 rings (SSSR count). The summed E-state index contributed by atoms with van der Waals surface area (Å²) < 4.78 is 0. The van der Waals surface area contributed by atoms with Gasteiger partial charge in [-0.3, -0.25) is 9.59 Å². The highest BCUT2D eigenvalue weighted by atomic mass is 16.2. The molecule has 0 saturated carbocycles. The molecule has 1 N–H and O–H groups in total. The summed E-state index contributed by atoms with van der Waals surface area (Å²) in [5, 5.41) is 3.00. The third-order valence-corrected chi connectivity index (χ3v) is 4.30. The Morgan fingerprint density at radius 2 is 1.82 bits per heavy atom. The number of aryl methyl sites for hydroxylation is 2. The van der Waals surface area contributed by atoms with Gasteiger partial charge in [0.15, 0.2) is 5.78 Å². The van der Waals surface area contributed by atoms with Crippen molar-refractivity contribution in [2.75, 3.05) is 0 Å². The van der Waals surface area contributed by atoms with E-state index >= 15 is 0 Å². The normalized spacial score (nSPS) is 19.7. The van der Waals surface area contributed by atoms with Crippen LogP contribution in [0.2, 0.25) is 0 Å². The van der Waals surface area contributed by atoms with Crippen molar-refractivity contribution in [3.05, 3.63) is 70.3 Å². The van der Waals surface area contributed by atoms with E-state index < -0.39 is 5.54 Å². The van der Waals surface area contributed by atoms with Gasteiger partial charge in [-0.05, 0) is 31.9 Å². The summed E-state index contributed by atoms with van der Waals surface area (Å²) in [5.74, 6) is -0.0497. The SMILES string of the molecule is Cc1cc(C)c2c(c1)C(C)(CC(=O)c1ccccc1)NC2=O. The highest BCUT2D eigenvalue weighted by Gasteiger charge is 2.41. The molecule has 0 radical (unpaired) electrons. The predicted octanol–water partition coefficient (Wildman–Crippen LogP) is 3.54. The summed E-state index contributed by atoms with van der Waals surface area (Å²) in [6.45, 7) is 5.88. The largest absolute Gasteiger partial charge is 0.342 e. The predicted molar refractivity (Wildman–Crippen MR) is 86.1 cm³/mol. The molecule has 1 heterocycles. The number of ketones is 1. The smallest absolute Gasteiger partial charge is 0.252 e. The van der Waals surface area contributed by atoms with E-state index in [1.165, 1.54) is 0 Å². The van der Waals surface area contributed by atoms with Crippen LogP contribution < -0.4 is 5.32 Å². The Bertz CT molecular complexity index is 765. The number of carbonyl (C=O) groups is 2. The average molecular weight is 293 g/mol. The summed E-state index contributed by atoms with van der Waals surface area (Å²) in [6.07, 6.45) is 0.263. The number of Topliss-reactive ketones (excluding diaryl/α,β-unsaturated/α-hetero) is 1. The highest BCUT2D eigenvalue weighted by Crippen LogP contribution is 2.36. The van der Waals surface area contributed by atoms with Crippen LogP contribution in [0.1, 0.15) is 50.8 Å². The van der Waals surface area contributed by atoms with Crippen molar-refractivity contribution in [3.8, 4) is 0 Å². The monoisotopic (exact) mass is 293 g/mol. The molecule has 1 aliphatic rings. The fourth-order valence-corrected chi connectivity index (χ4v) is 3.27. The third-order valence-electron chi connectivity index (χ3n) is 4.30. The Labute approximate surface area is 130 Å². The lowest BCUT2D eigenvalue weighted by Gasteiger charge is -2.25. The lowest BCUT2D eigenvalue weighted by atomic mass is 9.84. The second-order valence-electron chi connectivity index (χ2n) is 6.26. The second-order valence-corrected chi connectivity index (χ2v) is 6.26. The first-order valence-corrected chi connectivity index (χ1v) is 7.43. The van der Waals surface area contributed by atoms with Crippen molar-refractivity contribution in [2.45, 2.75) is 32.7 Å². The molecule has 1 amide bonds. The molecule has 22 heavy (non-hydrogen) atoms. The molecule has 1 atom stereocenters. The first kappa shape index (κ1) is 14.5. The first-order valence-electron chi connectivity index (χ1n) is 7.43. The van der Waals surface area contributed by atoms with E-state index in [1.54, 1.807) is 0 Å². The van der Waals surface area contributed by atoms with E-state index in [2.05, 4.69) is 5.32 Å². The number of carbonyl (C=O) groups excluding carboxylic acids is 2. The summed E-state index contributed by atoms with van der Waals surface area (Å²) in [4.78, 5) is 24.8. The van der Waals surface area contributed by atoms with Gasteiger partial charge in [0.25, 0.3) is 5.91 Å². The topological polar surface area (TPSA) is 46.2 Å². The molecule has 112 valence electrons. The Morgan fingerprint density at radius 1 is 1.14 bits per heavy atom. The van der Waals surface area contributed by atoms with Crippen molar-refractivity contribution in [1.29, 1.82) is 0 Å². The molecular formula is C19H19NO2. The number of rotatable bonds is 3. The fraction of sp³-hybridized carbons (Fsp3) is 0.263. The zero-order valence-electron chi connectivity index (χ0n) is 13.1. The molecule has 2 aromatic carbocycles. The van der Waals surface area contributed by atoms with E-state index in [-0.39, 0.29) is 18.1 Å². The molecule has 1 unspecified atom stereocenters. The van der Waals surface area contributed by atoms with Gasteiger partial charge in [-0.1, -0.05) is 48.0 Å². The van der Waals surface area contributed by atoms with Gasteiger partial charge in [-0.15, -0.1) is 0 Å². The molecule has 0 saturated heterocycles. The van der Waals surface area contributed by atoms with Crippen LogP contribution in [-0.4, -0.2) is 11.7 Å². The fourth-order valence-electron chi connectivity index (χ4n) is 3.27. The van der Waals surface area contributed by atoms with Gasteiger partial charge in [0.2, 0.25) is 0 Å². The van der Waals surface area contributed by atoms with Gasteiger partial charge in [-0.2, -0.15) is 0 Å². The maximum absolute atomic E-state index is 12.5. The van der Waals surface area contributed by atoms with Crippen molar-refractivity contribution in [2.24, 2.45) is 0 Å². The van der Waals surface area contributed by atoms with Crippen LogP contribution in [0.25, 0.3) is 0 Å².